The third kappa shape index (κ3) is 9.09. The lowest BCUT2D eigenvalue weighted by molar-refractivity contribution is 0.0167. The average molecular weight is 232 g/mol. The molecule has 0 bridgehead atoms. The maximum atomic E-state index is 10.2. The van der Waals surface area contributed by atoms with Gasteiger partial charge in [-0.3, -0.25) is 0 Å². The van der Waals surface area contributed by atoms with Crippen molar-refractivity contribution in [3.63, 3.8) is 0 Å². The van der Waals surface area contributed by atoms with Crippen LogP contribution in [0, 0.1) is 0 Å². The lowest BCUT2D eigenvalue weighted by Crippen LogP contribution is -2.34. The van der Waals surface area contributed by atoms with Crippen LogP contribution in [0.1, 0.15) is 33.1 Å². The van der Waals surface area contributed by atoms with Crippen molar-refractivity contribution in [1.82, 2.24) is 4.90 Å². The van der Waals surface area contributed by atoms with Crippen LogP contribution in [0.3, 0.4) is 0 Å². The first-order valence-electron chi connectivity index (χ1n) is 6.30. The summed E-state index contributed by atoms with van der Waals surface area (Å²) in [4.78, 5) is 2.17. The molecule has 0 heterocycles. The summed E-state index contributed by atoms with van der Waals surface area (Å²) in [6.07, 6.45) is 2.17. The van der Waals surface area contributed by atoms with E-state index < -0.39 is 6.10 Å². The van der Waals surface area contributed by atoms with Crippen LogP contribution in [-0.2, 0) is 9.84 Å². The molecule has 1 radical (unpaired) electrons. The topological polar surface area (TPSA) is 52.6 Å². The molecule has 0 saturated heterocycles. The number of aliphatic hydroxyl groups excluding tert-OH is 1. The molecule has 0 fully saturated rings. The number of aliphatic hydroxyl groups is 1. The summed E-state index contributed by atoms with van der Waals surface area (Å²) >= 11 is 0. The normalized spacial score (nSPS) is 13.3. The molecule has 16 heavy (non-hydrogen) atoms. The van der Waals surface area contributed by atoms with Crippen molar-refractivity contribution in [3.05, 3.63) is 0 Å². The standard InChI is InChI=1S/C12H26NO3/c1-3-13(4-2)10-12(15)11-16-9-7-5-6-8-14/h12,15H,3-11H2,1-2H3. The van der Waals surface area contributed by atoms with Crippen molar-refractivity contribution in [2.45, 2.75) is 39.2 Å². The van der Waals surface area contributed by atoms with Crippen molar-refractivity contribution >= 4 is 0 Å². The highest BCUT2D eigenvalue weighted by Gasteiger charge is 2.08. The van der Waals surface area contributed by atoms with E-state index in [0.29, 0.717) is 19.8 Å². The van der Waals surface area contributed by atoms with Crippen molar-refractivity contribution in [3.8, 4) is 0 Å². The molecule has 1 atom stereocenters. The molecule has 0 aromatic heterocycles. The zero-order valence-corrected chi connectivity index (χ0v) is 10.7. The predicted octanol–water partition coefficient (Wildman–Crippen LogP) is 1.31. The van der Waals surface area contributed by atoms with Gasteiger partial charge in [0.15, 0.2) is 0 Å². The average Bonchev–Trinajstić information content (AvgIpc) is 2.30. The highest BCUT2D eigenvalue weighted by atomic mass is 16.5. The Morgan fingerprint density at radius 2 is 1.88 bits per heavy atom. The van der Waals surface area contributed by atoms with E-state index in [4.69, 9.17) is 4.74 Å². The highest BCUT2D eigenvalue weighted by molar-refractivity contribution is 4.61. The van der Waals surface area contributed by atoms with E-state index >= 15 is 0 Å². The molecule has 4 heteroatoms. The lowest BCUT2D eigenvalue weighted by atomic mass is 10.2. The zero-order valence-electron chi connectivity index (χ0n) is 10.7. The van der Waals surface area contributed by atoms with E-state index in [9.17, 15) is 10.2 Å². The van der Waals surface area contributed by atoms with Crippen molar-refractivity contribution in [1.29, 1.82) is 0 Å². The number of hydrogen-bond acceptors (Lipinski definition) is 3. The summed E-state index contributed by atoms with van der Waals surface area (Å²) in [5.74, 6) is 0. The van der Waals surface area contributed by atoms with Gasteiger partial charge in [0.2, 0.25) is 0 Å². The van der Waals surface area contributed by atoms with Crippen LogP contribution in [0.2, 0.25) is 0 Å². The van der Waals surface area contributed by atoms with E-state index in [2.05, 4.69) is 18.7 Å². The summed E-state index contributed by atoms with van der Waals surface area (Å²) in [7, 11) is 0. The van der Waals surface area contributed by atoms with Gasteiger partial charge in [-0.15, -0.1) is 0 Å². The quantitative estimate of drug-likeness (QED) is 0.546. The Morgan fingerprint density at radius 1 is 1.19 bits per heavy atom. The molecule has 0 spiro atoms. The third-order valence-electron chi connectivity index (χ3n) is 2.61. The predicted molar refractivity (Wildman–Crippen MR) is 64.0 cm³/mol. The van der Waals surface area contributed by atoms with Crippen LogP contribution in [0.25, 0.3) is 0 Å². The van der Waals surface area contributed by atoms with Crippen LogP contribution >= 0.6 is 0 Å². The number of rotatable bonds is 11. The number of ether oxygens (including phenoxy) is 1. The van der Waals surface area contributed by atoms with Crippen LogP contribution < -0.4 is 0 Å². The van der Waals surface area contributed by atoms with Crippen molar-refractivity contribution < 1.29 is 14.9 Å². The Labute approximate surface area is 99.2 Å². The zero-order chi connectivity index (χ0) is 12.2. The molecule has 0 aromatic rings. The first-order valence-corrected chi connectivity index (χ1v) is 6.30. The molecule has 0 aliphatic carbocycles. The van der Waals surface area contributed by atoms with E-state index in [0.717, 1.165) is 32.4 Å². The molecule has 0 aliphatic heterocycles. The maximum absolute atomic E-state index is 10.2. The molecule has 0 rings (SSSR count). The first kappa shape index (κ1) is 15.8. The molecule has 1 N–H and O–H groups in total. The number of hydrogen-bond donors (Lipinski definition) is 1. The molecule has 0 saturated carbocycles. The number of nitrogens with zero attached hydrogens (tertiary/aromatic N) is 1. The Balaban J connectivity index is 3.32. The molecule has 0 aliphatic rings. The maximum Gasteiger partial charge on any atom is 0.0900 e. The Hall–Kier alpha value is -0.160. The number of likely N-dealkylation sites (N-methyl/N-ethyl adjacent to an activating group) is 1. The van der Waals surface area contributed by atoms with E-state index in [1.807, 2.05) is 0 Å². The van der Waals surface area contributed by atoms with Crippen LogP contribution in [0.4, 0.5) is 0 Å². The van der Waals surface area contributed by atoms with Gasteiger partial charge in [-0.05, 0) is 32.4 Å². The fourth-order valence-electron chi connectivity index (χ4n) is 1.53. The Morgan fingerprint density at radius 3 is 2.44 bits per heavy atom. The summed E-state index contributed by atoms with van der Waals surface area (Å²) in [6.45, 7) is 7.80. The summed E-state index contributed by atoms with van der Waals surface area (Å²) in [5, 5.41) is 19.8. The van der Waals surface area contributed by atoms with Crippen molar-refractivity contribution in [2.24, 2.45) is 0 Å². The molecule has 4 nitrogen and oxygen atoms in total. The summed E-state index contributed by atoms with van der Waals surface area (Å²) in [5.41, 5.74) is 0. The van der Waals surface area contributed by atoms with Crippen LogP contribution in [-0.4, -0.2) is 55.6 Å². The minimum Gasteiger partial charge on any atom is -0.389 e. The lowest BCUT2D eigenvalue weighted by Gasteiger charge is -2.21. The SMILES string of the molecule is CCN(CC)CC(O)COCCCCC[O]. The minimum absolute atomic E-state index is 0.00455. The highest BCUT2D eigenvalue weighted by Crippen LogP contribution is 1.97. The van der Waals surface area contributed by atoms with Crippen LogP contribution in [0.5, 0.6) is 0 Å². The van der Waals surface area contributed by atoms with Crippen molar-refractivity contribution in [2.75, 3.05) is 39.5 Å². The minimum atomic E-state index is -0.403. The molecular formula is C12H26NO3. The first-order chi connectivity index (χ1) is 7.74. The Kier molecular flexibility index (Phi) is 11.2. The summed E-state index contributed by atoms with van der Waals surface area (Å²) in [6, 6.07) is 0. The van der Waals surface area contributed by atoms with Gasteiger partial charge in [-0.2, -0.15) is 0 Å². The van der Waals surface area contributed by atoms with E-state index in [1.54, 1.807) is 0 Å². The molecule has 0 aromatic carbocycles. The van der Waals surface area contributed by atoms with Gasteiger partial charge in [0, 0.05) is 13.2 Å². The second-order valence-electron chi connectivity index (χ2n) is 3.98. The number of unbranched alkanes of at least 4 members (excludes halogenated alkanes) is 2. The van der Waals surface area contributed by atoms with E-state index in [-0.39, 0.29) is 6.61 Å². The molecular weight excluding hydrogens is 206 g/mol. The third-order valence-corrected chi connectivity index (χ3v) is 2.61. The smallest absolute Gasteiger partial charge is 0.0900 e. The fourth-order valence-corrected chi connectivity index (χ4v) is 1.53. The second-order valence-corrected chi connectivity index (χ2v) is 3.98. The largest absolute Gasteiger partial charge is 0.389 e. The fraction of sp³-hybridized carbons (Fsp3) is 1.00. The van der Waals surface area contributed by atoms with Gasteiger partial charge in [0.25, 0.3) is 0 Å². The van der Waals surface area contributed by atoms with Gasteiger partial charge in [-0.25, -0.2) is 5.11 Å². The Bertz CT molecular complexity index is 140. The van der Waals surface area contributed by atoms with Gasteiger partial charge in [0.05, 0.1) is 19.3 Å². The van der Waals surface area contributed by atoms with Gasteiger partial charge in [-0.1, -0.05) is 13.8 Å². The van der Waals surface area contributed by atoms with Gasteiger partial charge in [0.1, 0.15) is 0 Å². The molecule has 0 amide bonds. The van der Waals surface area contributed by atoms with E-state index in [1.165, 1.54) is 0 Å². The second kappa shape index (κ2) is 11.3. The molecule has 1 unspecified atom stereocenters. The van der Waals surface area contributed by atoms with Gasteiger partial charge < -0.3 is 14.7 Å². The van der Waals surface area contributed by atoms with Gasteiger partial charge >= 0.3 is 0 Å². The van der Waals surface area contributed by atoms with Crippen LogP contribution in [0.15, 0.2) is 0 Å². The summed E-state index contributed by atoms with van der Waals surface area (Å²) < 4.78 is 5.35. The molecule has 97 valence electrons. The monoisotopic (exact) mass is 232 g/mol.